The van der Waals surface area contributed by atoms with E-state index in [2.05, 4.69) is 0 Å². The minimum absolute atomic E-state index is 0.188. The summed E-state index contributed by atoms with van der Waals surface area (Å²) in [6.45, 7) is 0.402. The third-order valence-corrected chi connectivity index (χ3v) is 3.07. The summed E-state index contributed by atoms with van der Waals surface area (Å²) in [5.41, 5.74) is 0.984. The maximum atomic E-state index is 11.3. The van der Waals surface area contributed by atoms with E-state index in [-0.39, 0.29) is 5.91 Å². The molecule has 0 N–H and O–H groups in total. The molecule has 1 aliphatic rings. The molecule has 1 aromatic rings. The molecule has 3 nitrogen and oxygen atoms in total. The highest BCUT2D eigenvalue weighted by Crippen LogP contribution is 2.13. The normalized spacial score (nSPS) is 20.4. The van der Waals surface area contributed by atoms with Crippen LogP contribution in [0.4, 0.5) is 0 Å². The van der Waals surface area contributed by atoms with E-state index in [1.807, 2.05) is 30.3 Å². The van der Waals surface area contributed by atoms with Crippen molar-refractivity contribution in [3.63, 3.8) is 0 Å². The number of nitrogens with zero attached hydrogens (tertiary/aromatic N) is 1. The largest absolute Gasteiger partial charge is 0.269 e. The molecule has 4 heteroatoms. The summed E-state index contributed by atoms with van der Waals surface area (Å²) < 4.78 is 12.6. The number of benzene rings is 1. The average Bonchev–Trinajstić information content (AvgIpc) is 2.51. The van der Waals surface area contributed by atoms with Gasteiger partial charge < -0.3 is 0 Å². The molecule has 0 aromatic heterocycles. The van der Waals surface area contributed by atoms with Gasteiger partial charge in [-0.3, -0.25) is 4.79 Å². The van der Waals surface area contributed by atoms with E-state index < -0.39 is 11.0 Å². The smallest absolute Gasteiger partial charge is 0.259 e. The van der Waals surface area contributed by atoms with Gasteiger partial charge in [0.25, 0.3) is 5.91 Å². The Kier molecular flexibility index (Phi) is 2.45. The first-order valence-electron chi connectivity index (χ1n) is 4.22. The molecule has 0 saturated carbocycles. The van der Waals surface area contributed by atoms with E-state index in [1.54, 1.807) is 0 Å². The zero-order chi connectivity index (χ0) is 9.97. The third-order valence-electron chi connectivity index (χ3n) is 1.96. The van der Waals surface area contributed by atoms with Gasteiger partial charge in [-0.1, -0.05) is 30.3 Å². The van der Waals surface area contributed by atoms with Crippen LogP contribution in [0.1, 0.15) is 5.56 Å². The molecule has 1 unspecified atom stereocenters. The summed E-state index contributed by atoms with van der Waals surface area (Å²) in [6, 6.07) is 9.51. The number of rotatable bonds is 2. The van der Waals surface area contributed by atoms with Crippen molar-refractivity contribution in [1.29, 1.82) is 0 Å². The molecule has 0 radical (unpaired) electrons. The van der Waals surface area contributed by atoms with Crippen LogP contribution in [0.5, 0.6) is 0 Å². The molecule has 1 atom stereocenters. The predicted molar refractivity (Wildman–Crippen MR) is 54.3 cm³/mol. The molecule has 1 heterocycles. The maximum absolute atomic E-state index is 11.3. The molecule has 2 rings (SSSR count). The predicted octanol–water partition coefficient (Wildman–Crippen LogP) is 1.21. The van der Waals surface area contributed by atoms with Gasteiger partial charge in [0.1, 0.15) is 11.0 Å². The quantitative estimate of drug-likeness (QED) is 0.731. The van der Waals surface area contributed by atoms with Crippen LogP contribution in [-0.2, 0) is 22.3 Å². The summed E-state index contributed by atoms with van der Waals surface area (Å²) in [6.07, 6.45) is 1.35. The van der Waals surface area contributed by atoms with E-state index in [9.17, 15) is 9.00 Å². The average molecular weight is 207 g/mol. The van der Waals surface area contributed by atoms with Crippen LogP contribution in [0.3, 0.4) is 0 Å². The Morgan fingerprint density at radius 2 is 1.93 bits per heavy atom. The number of hydrogen-bond acceptors (Lipinski definition) is 2. The lowest BCUT2D eigenvalue weighted by molar-refractivity contribution is -0.121. The molecule has 72 valence electrons. The second-order valence-corrected chi connectivity index (χ2v) is 4.20. The Balaban J connectivity index is 2.13. The van der Waals surface area contributed by atoms with Gasteiger partial charge in [0.2, 0.25) is 0 Å². The standard InChI is InChI=1S/C10H9NO2S/c12-10-6-7-14(13)11(10)8-9-4-2-1-3-5-9/h1-7H,8H2. The van der Waals surface area contributed by atoms with Gasteiger partial charge in [0.15, 0.2) is 0 Å². The van der Waals surface area contributed by atoms with Crippen LogP contribution in [0.15, 0.2) is 41.8 Å². The third kappa shape index (κ3) is 1.75. The summed E-state index contributed by atoms with van der Waals surface area (Å²) in [5, 5.41) is 1.41. The van der Waals surface area contributed by atoms with Crippen LogP contribution >= 0.6 is 0 Å². The molecule has 0 aliphatic carbocycles. The van der Waals surface area contributed by atoms with Crippen molar-refractivity contribution < 1.29 is 9.00 Å². The number of carbonyl (C=O) groups is 1. The summed E-state index contributed by atoms with van der Waals surface area (Å²) in [4.78, 5) is 11.2. The molecule has 1 aliphatic heterocycles. The molecule has 1 aromatic carbocycles. The van der Waals surface area contributed by atoms with Crippen LogP contribution in [0.2, 0.25) is 0 Å². The molecule has 0 saturated heterocycles. The second kappa shape index (κ2) is 3.75. The number of carbonyl (C=O) groups excluding carboxylic acids is 1. The van der Waals surface area contributed by atoms with Crippen molar-refractivity contribution in [1.82, 2.24) is 4.31 Å². The van der Waals surface area contributed by atoms with Gasteiger partial charge in [-0.15, -0.1) is 0 Å². The minimum Gasteiger partial charge on any atom is -0.269 e. The molecule has 0 bridgehead atoms. The zero-order valence-electron chi connectivity index (χ0n) is 7.42. The van der Waals surface area contributed by atoms with Gasteiger partial charge in [-0.2, -0.15) is 0 Å². The van der Waals surface area contributed by atoms with Crippen molar-refractivity contribution in [2.24, 2.45) is 0 Å². The fourth-order valence-electron chi connectivity index (χ4n) is 1.25. The number of amides is 1. The maximum Gasteiger partial charge on any atom is 0.259 e. The molecular formula is C10H9NO2S. The van der Waals surface area contributed by atoms with E-state index >= 15 is 0 Å². The van der Waals surface area contributed by atoms with E-state index in [1.165, 1.54) is 15.8 Å². The van der Waals surface area contributed by atoms with E-state index in [4.69, 9.17) is 0 Å². The first-order valence-corrected chi connectivity index (χ1v) is 5.39. The van der Waals surface area contributed by atoms with Crippen molar-refractivity contribution in [3.8, 4) is 0 Å². The topological polar surface area (TPSA) is 37.4 Å². The van der Waals surface area contributed by atoms with Crippen molar-refractivity contribution in [3.05, 3.63) is 47.4 Å². The highest BCUT2D eigenvalue weighted by Gasteiger charge is 2.21. The summed E-state index contributed by atoms with van der Waals surface area (Å²) in [7, 11) is -1.29. The highest BCUT2D eigenvalue weighted by atomic mass is 32.2. The summed E-state index contributed by atoms with van der Waals surface area (Å²) in [5.74, 6) is -0.188. The van der Waals surface area contributed by atoms with Crippen molar-refractivity contribution >= 4 is 16.9 Å². The summed E-state index contributed by atoms with van der Waals surface area (Å²) >= 11 is 0. The molecular weight excluding hydrogens is 198 g/mol. The van der Waals surface area contributed by atoms with E-state index in [0.29, 0.717) is 6.54 Å². The Bertz CT molecular complexity index is 382. The SMILES string of the molecule is O=C1C=CS(=O)N1Cc1ccccc1. The lowest BCUT2D eigenvalue weighted by Gasteiger charge is -2.13. The molecule has 0 fully saturated rings. The van der Waals surface area contributed by atoms with E-state index in [0.717, 1.165) is 5.56 Å². The van der Waals surface area contributed by atoms with Gasteiger partial charge in [0, 0.05) is 11.5 Å². The van der Waals surface area contributed by atoms with Crippen LogP contribution in [0.25, 0.3) is 0 Å². The first kappa shape index (κ1) is 9.15. The number of hydrogen-bond donors (Lipinski definition) is 0. The zero-order valence-corrected chi connectivity index (χ0v) is 8.24. The van der Waals surface area contributed by atoms with Gasteiger partial charge in [-0.25, -0.2) is 8.51 Å². The fraction of sp³-hybridized carbons (Fsp3) is 0.100. The minimum atomic E-state index is -1.29. The first-order chi connectivity index (χ1) is 6.77. The monoisotopic (exact) mass is 207 g/mol. The lowest BCUT2D eigenvalue weighted by Crippen LogP contribution is -2.25. The molecule has 14 heavy (non-hydrogen) atoms. The second-order valence-electron chi connectivity index (χ2n) is 2.94. The molecule has 0 spiro atoms. The molecule has 1 amide bonds. The lowest BCUT2D eigenvalue weighted by atomic mass is 10.2. The highest BCUT2D eigenvalue weighted by molar-refractivity contribution is 7.86. The fourth-order valence-corrected chi connectivity index (χ4v) is 2.15. The Morgan fingerprint density at radius 3 is 2.50 bits per heavy atom. The Hall–Kier alpha value is -1.42. The van der Waals surface area contributed by atoms with Gasteiger partial charge in [0.05, 0.1) is 6.54 Å². The van der Waals surface area contributed by atoms with Gasteiger partial charge in [-0.05, 0) is 5.56 Å². The Labute approximate surface area is 84.6 Å². The van der Waals surface area contributed by atoms with Crippen molar-refractivity contribution in [2.45, 2.75) is 6.54 Å². The van der Waals surface area contributed by atoms with Crippen LogP contribution in [0, 0.1) is 0 Å². The van der Waals surface area contributed by atoms with Gasteiger partial charge >= 0.3 is 0 Å². The van der Waals surface area contributed by atoms with Crippen molar-refractivity contribution in [2.75, 3.05) is 0 Å². The van der Waals surface area contributed by atoms with Crippen LogP contribution < -0.4 is 0 Å². The van der Waals surface area contributed by atoms with Crippen LogP contribution in [-0.4, -0.2) is 14.4 Å². The Morgan fingerprint density at radius 1 is 1.21 bits per heavy atom.